The number of benzene rings is 1. The second kappa shape index (κ2) is 9.19. The zero-order chi connectivity index (χ0) is 20.1. The Balaban J connectivity index is 1.58. The molecule has 8 heteroatoms. The molecule has 0 unspecified atom stereocenters. The highest BCUT2D eigenvalue weighted by Gasteiger charge is 2.20. The van der Waals surface area contributed by atoms with Crippen LogP contribution in [0.5, 0.6) is 11.5 Å². The molecular weight excluding hydrogens is 386 g/mol. The molecule has 0 radical (unpaired) electrons. The highest BCUT2D eigenvalue weighted by atomic mass is 32.2. The van der Waals surface area contributed by atoms with Crippen molar-refractivity contribution in [2.45, 2.75) is 16.7 Å². The number of ether oxygens (including phenoxy) is 2. The third kappa shape index (κ3) is 4.83. The number of nitrogens with one attached hydrogen (secondary N) is 1. The Labute approximate surface area is 175 Å². The zero-order valence-electron chi connectivity index (χ0n) is 16.7. The molecule has 29 heavy (non-hydrogen) atoms. The molecule has 7 nitrogen and oxygen atoms in total. The Morgan fingerprint density at radius 3 is 2.62 bits per heavy atom. The molecule has 0 bridgehead atoms. The van der Waals surface area contributed by atoms with Gasteiger partial charge in [0.2, 0.25) is 0 Å². The van der Waals surface area contributed by atoms with Crippen LogP contribution in [0.25, 0.3) is 0 Å². The maximum absolute atomic E-state index is 6.25. The summed E-state index contributed by atoms with van der Waals surface area (Å²) in [7, 11) is 3.78. The maximum atomic E-state index is 6.25. The van der Waals surface area contributed by atoms with Crippen molar-refractivity contribution in [3.8, 4) is 11.5 Å². The molecule has 1 saturated heterocycles. The minimum atomic E-state index is 0.517. The number of aromatic amines is 1. The standard InChI is InChI=1S/C21H25N5O2S/c1-25-8-10-26(11-9-25)17-13-22-20(29-21-19(27-2)14-23-24-21)12-18(17)28-15-16-6-4-3-5-7-16/h3-7,12-14H,8-11,15H2,1-2H3,(H,23,24). The SMILES string of the molecule is COc1cn[nH]c1Sc1cc(OCc2ccccc2)c(N2CCN(C)CC2)cn1. The monoisotopic (exact) mass is 411 g/mol. The number of anilines is 1. The molecule has 3 aromatic rings. The summed E-state index contributed by atoms with van der Waals surface area (Å²) in [5, 5.41) is 8.65. The van der Waals surface area contributed by atoms with E-state index in [1.807, 2.05) is 30.5 Å². The van der Waals surface area contributed by atoms with Gasteiger partial charge in [-0.05, 0) is 24.4 Å². The normalized spacial score (nSPS) is 14.8. The fraction of sp³-hybridized carbons (Fsp3) is 0.333. The van der Waals surface area contributed by atoms with Gasteiger partial charge in [0, 0.05) is 32.2 Å². The van der Waals surface area contributed by atoms with Crippen molar-refractivity contribution in [3.63, 3.8) is 0 Å². The summed E-state index contributed by atoms with van der Waals surface area (Å²) in [6, 6.07) is 12.2. The van der Waals surface area contributed by atoms with Crippen molar-refractivity contribution < 1.29 is 9.47 Å². The van der Waals surface area contributed by atoms with E-state index in [1.165, 1.54) is 11.8 Å². The summed E-state index contributed by atoms with van der Waals surface area (Å²) < 4.78 is 11.6. The van der Waals surface area contributed by atoms with Crippen LogP contribution in [0.15, 0.2) is 58.8 Å². The predicted molar refractivity (Wildman–Crippen MR) is 114 cm³/mol. The second-order valence-corrected chi connectivity index (χ2v) is 7.96. The Bertz CT molecular complexity index is 926. The first-order chi connectivity index (χ1) is 14.2. The van der Waals surface area contributed by atoms with Gasteiger partial charge in [0.05, 0.1) is 25.2 Å². The third-order valence-corrected chi connectivity index (χ3v) is 5.83. The van der Waals surface area contributed by atoms with Gasteiger partial charge in [-0.1, -0.05) is 30.3 Å². The van der Waals surface area contributed by atoms with Gasteiger partial charge in [0.1, 0.15) is 22.4 Å². The first kappa shape index (κ1) is 19.6. The molecule has 152 valence electrons. The van der Waals surface area contributed by atoms with E-state index in [0.29, 0.717) is 12.4 Å². The molecular formula is C21H25N5O2S. The minimum absolute atomic E-state index is 0.517. The molecule has 0 amide bonds. The Morgan fingerprint density at radius 1 is 1.07 bits per heavy atom. The smallest absolute Gasteiger partial charge is 0.170 e. The Morgan fingerprint density at radius 2 is 1.86 bits per heavy atom. The van der Waals surface area contributed by atoms with E-state index in [0.717, 1.165) is 53.2 Å². The van der Waals surface area contributed by atoms with Crippen molar-refractivity contribution in [1.82, 2.24) is 20.1 Å². The molecule has 1 aliphatic heterocycles. The molecule has 1 aromatic carbocycles. The minimum Gasteiger partial charge on any atom is -0.492 e. The van der Waals surface area contributed by atoms with E-state index in [4.69, 9.17) is 9.47 Å². The molecule has 1 aliphatic rings. The lowest BCUT2D eigenvalue weighted by Gasteiger charge is -2.34. The van der Waals surface area contributed by atoms with Crippen LogP contribution in [0.1, 0.15) is 5.56 Å². The van der Waals surface area contributed by atoms with Gasteiger partial charge in [0.15, 0.2) is 5.75 Å². The number of pyridine rings is 1. The lowest BCUT2D eigenvalue weighted by molar-refractivity contribution is 0.295. The number of rotatable bonds is 7. The van der Waals surface area contributed by atoms with Gasteiger partial charge < -0.3 is 19.3 Å². The van der Waals surface area contributed by atoms with Crippen molar-refractivity contribution >= 4 is 17.4 Å². The van der Waals surface area contributed by atoms with Crippen LogP contribution in [0.2, 0.25) is 0 Å². The fourth-order valence-electron chi connectivity index (χ4n) is 3.19. The van der Waals surface area contributed by atoms with E-state index in [9.17, 15) is 0 Å². The molecule has 0 saturated carbocycles. The average molecular weight is 412 g/mol. The van der Waals surface area contributed by atoms with Gasteiger partial charge in [0.25, 0.3) is 0 Å². The number of hydrogen-bond donors (Lipinski definition) is 1. The molecule has 4 rings (SSSR count). The summed E-state index contributed by atoms with van der Waals surface area (Å²) >= 11 is 1.48. The molecule has 0 spiro atoms. The number of aromatic nitrogens is 3. The van der Waals surface area contributed by atoms with Crippen LogP contribution in [-0.4, -0.2) is 60.4 Å². The molecule has 0 atom stereocenters. The topological polar surface area (TPSA) is 66.5 Å². The third-order valence-electron chi connectivity index (χ3n) is 4.90. The van der Waals surface area contributed by atoms with Gasteiger partial charge in [-0.2, -0.15) is 5.10 Å². The Kier molecular flexibility index (Phi) is 6.21. The zero-order valence-corrected chi connectivity index (χ0v) is 17.5. The van der Waals surface area contributed by atoms with Gasteiger partial charge in [-0.3, -0.25) is 5.10 Å². The van der Waals surface area contributed by atoms with Gasteiger partial charge >= 0.3 is 0 Å². The molecule has 1 fully saturated rings. The van der Waals surface area contributed by atoms with Crippen LogP contribution in [-0.2, 0) is 6.61 Å². The van der Waals surface area contributed by atoms with Crippen molar-refractivity contribution in [3.05, 3.63) is 54.4 Å². The number of H-pyrrole nitrogens is 1. The Hall–Kier alpha value is -2.71. The quantitative estimate of drug-likeness (QED) is 0.640. The maximum Gasteiger partial charge on any atom is 0.170 e. The fourth-order valence-corrected chi connectivity index (χ4v) is 4.01. The van der Waals surface area contributed by atoms with Crippen LogP contribution in [0, 0.1) is 0 Å². The summed E-state index contributed by atoms with van der Waals surface area (Å²) in [5.74, 6) is 1.54. The molecule has 3 heterocycles. The lowest BCUT2D eigenvalue weighted by atomic mass is 10.2. The van der Waals surface area contributed by atoms with E-state index in [-0.39, 0.29) is 0 Å². The van der Waals surface area contributed by atoms with E-state index >= 15 is 0 Å². The predicted octanol–water partition coefficient (Wildman–Crippen LogP) is 3.30. The van der Waals surface area contributed by atoms with Crippen LogP contribution < -0.4 is 14.4 Å². The first-order valence-electron chi connectivity index (χ1n) is 9.58. The highest BCUT2D eigenvalue weighted by Crippen LogP contribution is 2.37. The van der Waals surface area contributed by atoms with Crippen LogP contribution in [0.3, 0.4) is 0 Å². The van der Waals surface area contributed by atoms with Crippen LogP contribution >= 0.6 is 11.8 Å². The summed E-state index contributed by atoms with van der Waals surface area (Å²) in [6.07, 6.45) is 3.57. The molecule has 1 N–H and O–H groups in total. The van der Waals surface area contributed by atoms with Gasteiger partial charge in [-0.25, -0.2) is 4.98 Å². The van der Waals surface area contributed by atoms with Crippen molar-refractivity contribution in [2.75, 3.05) is 45.2 Å². The first-order valence-corrected chi connectivity index (χ1v) is 10.4. The largest absolute Gasteiger partial charge is 0.492 e. The average Bonchev–Trinajstić information content (AvgIpc) is 3.21. The van der Waals surface area contributed by atoms with Crippen molar-refractivity contribution in [2.24, 2.45) is 0 Å². The number of piperazine rings is 1. The van der Waals surface area contributed by atoms with E-state index in [1.54, 1.807) is 13.3 Å². The molecule has 0 aliphatic carbocycles. The summed E-state index contributed by atoms with van der Waals surface area (Å²) in [4.78, 5) is 9.35. The second-order valence-electron chi connectivity index (χ2n) is 6.92. The van der Waals surface area contributed by atoms with Gasteiger partial charge in [-0.15, -0.1) is 0 Å². The van der Waals surface area contributed by atoms with E-state index in [2.05, 4.69) is 44.2 Å². The summed E-state index contributed by atoms with van der Waals surface area (Å²) in [6.45, 7) is 4.49. The number of methoxy groups -OCH3 is 1. The lowest BCUT2D eigenvalue weighted by Crippen LogP contribution is -2.44. The molecule has 2 aromatic heterocycles. The highest BCUT2D eigenvalue weighted by molar-refractivity contribution is 7.99. The van der Waals surface area contributed by atoms with E-state index < -0.39 is 0 Å². The number of hydrogen-bond acceptors (Lipinski definition) is 7. The van der Waals surface area contributed by atoms with Crippen molar-refractivity contribution in [1.29, 1.82) is 0 Å². The van der Waals surface area contributed by atoms with Crippen LogP contribution in [0.4, 0.5) is 5.69 Å². The number of nitrogens with zero attached hydrogens (tertiary/aromatic N) is 4. The summed E-state index contributed by atoms with van der Waals surface area (Å²) in [5.41, 5.74) is 2.17. The number of likely N-dealkylation sites (N-methyl/N-ethyl adjacent to an activating group) is 1.